The number of rotatable bonds is 1. The highest BCUT2D eigenvalue weighted by atomic mass is 79.9. The minimum atomic E-state index is -0.471. The van der Waals surface area contributed by atoms with E-state index in [0.717, 1.165) is 16.5 Å². The lowest BCUT2D eigenvalue weighted by Crippen LogP contribution is -1.89. The van der Waals surface area contributed by atoms with Crippen LogP contribution in [0, 0.1) is 17.1 Å². The van der Waals surface area contributed by atoms with Gasteiger partial charge in [-0.2, -0.15) is 5.26 Å². The fraction of sp³-hybridized carbons (Fsp3) is 0.222. The lowest BCUT2D eigenvalue weighted by Gasteiger charge is -2.01. The number of nitrogens with zero attached hydrogens (tertiary/aromatic N) is 1. The molecule has 0 radical (unpaired) electrons. The van der Waals surface area contributed by atoms with Gasteiger partial charge in [-0.1, -0.05) is 22.9 Å². The van der Waals surface area contributed by atoms with E-state index >= 15 is 0 Å². The van der Waals surface area contributed by atoms with Crippen LogP contribution in [0.3, 0.4) is 0 Å². The molecule has 3 heteroatoms. The smallest absolute Gasteiger partial charge is 0.142 e. The highest BCUT2D eigenvalue weighted by molar-refractivity contribution is 9.10. The highest BCUT2D eigenvalue weighted by Crippen LogP contribution is 2.21. The molecule has 0 spiro atoms. The molecule has 0 bridgehead atoms. The first-order valence-electron chi connectivity index (χ1n) is 3.57. The van der Waals surface area contributed by atoms with Crippen molar-refractivity contribution in [3.63, 3.8) is 0 Å². The Hall–Kier alpha value is -0.880. The van der Waals surface area contributed by atoms with Crippen molar-refractivity contribution >= 4 is 15.9 Å². The number of nitriles is 1. The topological polar surface area (TPSA) is 23.8 Å². The van der Waals surface area contributed by atoms with Gasteiger partial charge in [0.25, 0.3) is 0 Å². The van der Waals surface area contributed by atoms with Crippen LogP contribution in [0.25, 0.3) is 0 Å². The molecule has 1 aromatic carbocycles. The quantitative estimate of drug-likeness (QED) is 0.724. The zero-order valence-electron chi connectivity index (χ0n) is 6.56. The molecule has 0 heterocycles. The van der Waals surface area contributed by atoms with Crippen molar-refractivity contribution in [3.05, 3.63) is 33.5 Å². The van der Waals surface area contributed by atoms with E-state index in [4.69, 9.17) is 5.26 Å². The van der Waals surface area contributed by atoms with Gasteiger partial charge < -0.3 is 0 Å². The summed E-state index contributed by atoms with van der Waals surface area (Å²) in [4.78, 5) is 0. The molecule has 0 amide bonds. The highest BCUT2D eigenvalue weighted by Gasteiger charge is 2.05. The monoisotopic (exact) mass is 227 g/mol. The number of aryl methyl sites for hydroxylation is 1. The van der Waals surface area contributed by atoms with E-state index in [0.29, 0.717) is 0 Å². The first-order chi connectivity index (χ1) is 5.69. The minimum absolute atomic E-state index is 0.107. The molecule has 1 nitrogen and oxygen atoms in total. The predicted molar refractivity (Wildman–Crippen MR) is 48.2 cm³/mol. The first-order valence-corrected chi connectivity index (χ1v) is 4.36. The molecular weight excluding hydrogens is 221 g/mol. The van der Waals surface area contributed by atoms with Crippen molar-refractivity contribution in [3.8, 4) is 6.07 Å². The van der Waals surface area contributed by atoms with Gasteiger partial charge in [-0.15, -0.1) is 0 Å². The second-order valence-electron chi connectivity index (χ2n) is 2.39. The van der Waals surface area contributed by atoms with Crippen molar-refractivity contribution in [2.45, 2.75) is 13.3 Å². The molecule has 0 aliphatic carbocycles. The Morgan fingerprint density at radius 3 is 2.75 bits per heavy atom. The van der Waals surface area contributed by atoms with Crippen LogP contribution in [0.1, 0.15) is 18.1 Å². The maximum Gasteiger partial charge on any atom is 0.142 e. The van der Waals surface area contributed by atoms with E-state index in [2.05, 4.69) is 15.9 Å². The van der Waals surface area contributed by atoms with E-state index in [1.165, 1.54) is 6.07 Å². The lowest BCUT2D eigenvalue weighted by atomic mass is 10.1. The summed E-state index contributed by atoms with van der Waals surface area (Å²) in [5.74, 6) is -0.471. The normalized spacial score (nSPS) is 9.50. The summed E-state index contributed by atoms with van der Waals surface area (Å²) in [5, 5.41) is 8.52. The first kappa shape index (κ1) is 9.21. The molecule has 62 valence electrons. The van der Waals surface area contributed by atoms with Gasteiger partial charge in [0.2, 0.25) is 0 Å². The SMILES string of the molecule is CCc1cc(C#N)c(F)cc1Br. The van der Waals surface area contributed by atoms with Crippen LogP contribution in [-0.2, 0) is 6.42 Å². The van der Waals surface area contributed by atoms with Crippen LogP contribution in [-0.4, -0.2) is 0 Å². The fourth-order valence-corrected chi connectivity index (χ4v) is 1.55. The van der Waals surface area contributed by atoms with Gasteiger partial charge in [-0.25, -0.2) is 4.39 Å². The standard InChI is InChI=1S/C9H7BrFN/c1-2-6-3-7(5-12)9(11)4-8(6)10/h3-4H,2H2,1H3. The van der Waals surface area contributed by atoms with E-state index in [-0.39, 0.29) is 5.56 Å². The van der Waals surface area contributed by atoms with Gasteiger partial charge in [0, 0.05) is 4.47 Å². The summed E-state index contributed by atoms with van der Waals surface area (Å²) in [6, 6.07) is 4.70. The second kappa shape index (κ2) is 3.68. The Morgan fingerprint density at radius 1 is 1.58 bits per heavy atom. The summed E-state index contributed by atoms with van der Waals surface area (Å²) in [6.45, 7) is 1.96. The molecule has 0 N–H and O–H groups in total. The fourth-order valence-electron chi connectivity index (χ4n) is 0.950. The van der Waals surface area contributed by atoms with Crippen molar-refractivity contribution in [1.82, 2.24) is 0 Å². The maximum atomic E-state index is 12.9. The Morgan fingerprint density at radius 2 is 2.25 bits per heavy atom. The van der Waals surface area contributed by atoms with Crippen molar-refractivity contribution in [2.24, 2.45) is 0 Å². The summed E-state index contributed by atoms with van der Waals surface area (Å²) in [6.07, 6.45) is 0.787. The molecule has 0 saturated heterocycles. The summed E-state index contributed by atoms with van der Waals surface area (Å²) >= 11 is 3.22. The Labute approximate surface area is 79.0 Å². The molecule has 0 atom stereocenters. The zero-order chi connectivity index (χ0) is 9.14. The molecule has 0 unspecified atom stereocenters. The van der Waals surface area contributed by atoms with Crippen LogP contribution >= 0.6 is 15.9 Å². The Kier molecular flexibility index (Phi) is 2.83. The van der Waals surface area contributed by atoms with E-state index < -0.39 is 5.82 Å². The molecule has 0 saturated carbocycles. The number of benzene rings is 1. The van der Waals surface area contributed by atoms with Crippen LogP contribution in [0.15, 0.2) is 16.6 Å². The summed E-state index contributed by atoms with van der Waals surface area (Å²) < 4.78 is 13.6. The van der Waals surface area contributed by atoms with Gasteiger partial charge in [-0.05, 0) is 24.1 Å². The van der Waals surface area contributed by atoms with Gasteiger partial charge in [0.15, 0.2) is 0 Å². The van der Waals surface area contributed by atoms with Crippen molar-refractivity contribution in [1.29, 1.82) is 5.26 Å². The predicted octanol–water partition coefficient (Wildman–Crippen LogP) is 3.02. The van der Waals surface area contributed by atoms with Crippen LogP contribution in [0.5, 0.6) is 0 Å². The summed E-state index contributed by atoms with van der Waals surface area (Å²) in [7, 11) is 0. The van der Waals surface area contributed by atoms with Crippen LogP contribution in [0.2, 0.25) is 0 Å². The van der Waals surface area contributed by atoms with Crippen molar-refractivity contribution in [2.75, 3.05) is 0 Å². The maximum absolute atomic E-state index is 12.9. The van der Waals surface area contributed by atoms with E-state index in [1.54, 1.807) is 12.1 Å². The molecule has 1 aromatic rings. The zero-order valence-corrected chi connectivity index (χ0v) is 8.15. The molecule has 0 aliphatic heterocycles. The second-order valence-corrected chi connectivity index (χ2v) is 3.24. The van der Waals surface area contributed by atoms with Gasteiger partial charge >= 0.3 is 0 Å². The van der Waals surface area contributed by atoms with E-state index in [9.17, 15) is 4.39 Å². The average Bonchev–Trinajstić information content (AvgIpc) is 2.05. The largest absolute Gasteiger partial charge is 0.206 e. The van der Waals surface area contributed by atoms with Crippen molar-refractivity contribution < 1.29 is 4.39 Å². The van der Waals surface area contributed by atoms with Crippen LogP contribution < -0.4 is 0 Å². The van der Waals surface area contributed by atoms with E-state index in [1.807, 2.05) is 6.92 Å². The van der Waals surface area contributed by atoms with Gasteiger partial charge in [0.05, 0.1) is 5.56 Å². The molecule has 0 fully saturated rings. The van der Waals surface area contributed by atoms with Gasteiger partial charge in [-0.3, -0.25) is 0 Å². The Balaban J connectivity index is 3.30. The third-order valence-corrected chi connectivity index (χ3v) is 2.38. The third-order valence-electron chi connectivity index (χ3n) is 1.64. The Bertz CT molecular complexity index is 341. The molecule has 0 aliphatic rings. The lowest BCUT2D eigenvalue weighted by molar-refractivity contribution is 0.622. The number of hydrogen-bond donors (Lipinski definition) is 0. The molecule has 1 rings (SSSR count). The summed E-state index contributed by atoms with van der Waals surface area (Å²) in [5.41, 5.74) is 1.06. The van der Waals surface area contributed by atoms with Gasteiger partial charge in [0.1, 0.15) is 11.9 Å². The number of hydrogen-bond acceptors (Lipinski definition) is 1. The molecule has 0 aromatic heterocycles. The average molecular weight is 228 g/mol. The minimum Gasteiger partial charge on any atom is -0.206 e. The molecule has 12 heavy (non-hydrogen) atoms. The van der Waals surface area contributed by atoms with Crippen LogP contribution in [0.4, 0.5) is 4.39 Å². The third kappa shape index (κ3) is 1.64. The molecular formula is C9H7BrFN. The number of halogens is 2.